The molecule has 0 radical (unpaired) electrons. The minimum Gasteiger partial charge on any atom is -0.462 e. The zero-order valence-corrected chi connectivity index (χ0v) is 50.1. The Morgan fingerprint density at radius 2 is 0.480 bits per heavy atom. The van der Waals surface area contributed by atoms with Gasteiger partial charge in [-0.1, -0.05) is 293 Å². The van der Waals surface area contributed by atoms with Gasteiger partial charge in [0.1, 0.15) is 13.2 Å². The molecule has 0 amide bonds. The van der Waals surface area contributed by atoms with Crippen LogP contribution in [0.1, 0.15) is 342 Å². The molecule has 0 aromatic heterocycles. The van der Waals surface area contributed by atoms with Crippen molar-refractivity contribution in [2.45, 2.75) is 348 Å². The Morgan fingerprint density at radius 1 is 0.267 bits per heavy atom. The maximum Gasteiger partial charge on any atom is 0.306 e. The monoisotopic (exact) mass is 1050 g/mol. The maximum atomic E-state index is 12.8. The highest BCUT2D eigenvalue weighted by atomic mass is 16.6. The number of esters is 3. The number of allylic oxidation sites excluding steroid dienone is 10. The zero-order chi connectivity index (χ0) is 54.3. The summed E-state index contributed by atoms with van der Waals surface area (Å²) in [5.74, 6) is -0.877. The van der Waals surface area contributed by atoms with E-state index in [9.17, 15) is 14.4 Å². The van der Waals surface area contributed by atoms with Crippen LogP contribution in [0.15, 0.2) is 60.8 Å². The molecule has 6 nitrogen and oxygen atoms in total. The molecule has 1 atom stereocenters. The normalized spacial score (nSPS) is 12.4. The van der Waals surface area contributed by atoms with Gasteiger partial charge in [0.25, 0.3) is 0 Å². The van der Waals surface area contributed by atoms with Crippen molar-refractivity contribution in [3.05, 3.63) is 60.8 Å². The summed E-state index contributed by atoms with van der Waals surface area (Å²) in [5.41, 5.74) is 0. The van der Waals surface area contributed by atoms with E-state index in [2.05, 4.69) is 81.5 Å². The summed E-state index contributed by atoms with van der Waals surface area (Å²) in [6, 6.07) is 0. The molecule has 0 aromatic carbocycles. The van der Waals surface area contributed by atoms with Gasteiger partial charge in [-0.3, -0.25) is 14.4 Å². The van der Waals surface area contributed by atoms with Gasteiger partial charge in [0.15, 0.2) is 6.10 Å². The number of carbonyl (C=O) groups excluding carboxylic acids is 3. The second-order valence-corrected chi connectivity index (χ2v) is 22.0. The predicted octanol–water partition coefficient (Wildman–Crippen LogP) is 22.3. The Hall–Kier alpha value is -2.89. The highest BCUT2D eigenvalue weighted by Gasteiger charge is 2.19. The number of hydrogen-bond donors (Lipinski definition) is 0. The number of rotatable bonds is 60. The lowest BCUT2D eigenvalue weighted by atomic mass is 10.0. The van der Waals surface area contributed by atoms with E-state index >= 15 is 0 Å². The lowest BCUT2D eigenvalue weighted by Gasteiger charge is -2.18. The number of hydrogen-bond acceptors (Lipinski definition) is 6. The van der Waals surface area contributed by atoms with Gasteiger partial charge >= 0.3 is 17.9 Å². The van der Waals surface area contributed by atoms with E-state index in [1.165, 1.54) is 205 Å². The lowest BCUT2D eigenvalue weighted by molar-refractivity contribution is -0.167. The van der Waals surface area contributed by atoms with Crippen molar-refractivity contribution in [2.24, 2.45) is 0 Å². The molecule has 0 fully saturated rings. The van der Waals surface area contributed by atoms with Crippen molar-refractivity contribution < 1.29 is 28.6 Å². The summed E-state index contributed by atoms with van der Waals surface area (Å²) in [5, 5.41) is 0. The second kappa shape index (κ2) is 63.6. The van der Waals surface area contributed by atoms with E-state index < -0.39 is 6.10 Å². The molecule has 0 bridgehead atoms. The minimum atomic E-state index is -0.777. The molecule has 0 saturated heterocycles. The van der Waals surface area contributed by atoms with Crippen molar-refractivity contribution in [3.63, 3.8) is 0 Å². The summed E-state index contributed by atoms with van der Waals surface area (Å²) >= 11 is 0. The molecule has 1 unspecified atom stereocenters. The maximum absolute atomic E-state index is 12.8. The topological polar surface area (TPSA) is 78.9 Å². The first-order chi connectivity index (χ1) is 37.0. The van der Waals surface area contributed by atoms with Gasteiger partial charge in [0, 0.05) is 19.3 Å². The summed E-state index contributed by atoms with van der Waals surface area (Å²) in [7, 11) is 0. The van der Waals surface area contributed by atoms with Crippen LogP contribution in [0.3, 0.4) is 0 Å². The van der Waals surface area contributed by atoms with Crippen LogP contribution in [0.2, 0.25) is 0 Å². The Bertz CT molecular complexity index is 1340. The van der Waals surface area contributed by atoms with Gasteiger partial charge in [-0.05, 0) is 89.9 Å². The fourth-order valence-electron chi connectivity index (χ4n) is 9.54. The molecule has 436 valence electrons. The molecule has 0 saturated carbocycles. The summed E-state index contributed by atoms with van der Waals surface area (Å²) in [4.78, 5) is 38.1. The Balaban J connectivity index is 4.05. The molecule has 0 aliphatic rings. The summed E-state index contributed by atoms with van der Waals surface area (Å²) in [6.07, 6.45) is 81.1. The minimum absolute atomic E-state index is 0.0758. The Kier molecular flexibility index (Phi) is 61.2. The van der Waals surface area contributed by atoms with Crippen molar-refractivity contribution in [1.82, 2.24) is 0 Å². The molecule has 0 aliphatic carbocycles. The van der Waals surface area contributed by atoms with Crippen LogP contribution >= 0.6 is 0 Å². The first-order valence-corrected chi connectivity index (χ1v) is 32.8. The van der Waals surface area contributed by atoms with Crippen LogP contribution in [0.25, 0.3) is 0 Å². The van der Waals surface area contributed by atoms with Crippen LogP contribution in [0.4, 0.5) is 0 Å². The molecule has 0 N–H and O–H groups in total. The molecular formula is C69H124O6. The third-order valence-corrected chi connectivity index (χ3v) is 14.5. The largest absolute Gasteiger partial charge is 0.462 e. The summed E-state index contributed by atoms with van der Waals surface area (Å²) < 4.78 is 16.9. The van der Waals surface area contributed by atoms with E-state index in [-0.39, 0.29) is 31.1 Å². The van der Waals surface area contributed by atoms with Crippen LogP contribution < -0.4 is 0 Å². The predicted molar refractivity (Wildman–Crippen MR) is 325 cm³/mol. The van der Waals surface area contributed by atoms with E-state index in [1.807, 2.05) is 0 Å². The standard InChI is InChI=1S/C69H124O6/c1-4-7-10-13-16-19-21-23-25-26-27-28-29-30-31-32-33-34-35-36-37-38-39-40-41-42-44-45-47-50-53-56-59-62-68(71)74-65-66(64-73-67(70)61-58-55-52-49-18-15-12-9-6-3)75-69(72)63-60-57-54-51-48-46-43-24-22-20-17-14-11-8-5-2/h17,20-21,23-24,26-27,29-30,43,66H,4-16,18-19,22,25,28,31-42,44-65H2,1-3H3/b20-17-,23-21-,27-26-,30-29-,43-24-. The fourth-order valence-corrected chi connectivity index (χ4v) is 9.54. The average Bonchev–Trinajstić information content (AvgIpc) is 3.41. The van der Waals surface area contributed by atoms with Gasteiger partial charge < -0.3 is 14.2 Å². The second-order valence-electron chi connectivity index (χ2n) is 22.0. The first-order valence-electron chi connectivity index (χ1n) is 32.8. The quantitative estimate of drug-likeness (QED) is 0.0261. The molecule has 0 heterocycles. The molecule has 0 rings (SSSR count). The number of ether oxygens (including phenoxy) is 3. The molecule has 0 spiro atoms. The average molecular weight is 1050 g/mol. The van der Waals surface area contributed by atoms with E-state index in [4.69, 9.17) is 14.2 Å². The van der Waals surface area contributed by atoms with Crippen LogP contribution in [-0.2, 0) is 28.6 Å². The van der Waals surface area contributed by atoms with Crippen LogP contribution in [-0.4, -0.2) is 37.2 Å². The van der Waals surface area contributed by atoms with Crippen molar-refractivity contribution in [1.29, 1.82) is 0 Å². The van der Waals surface area contributed by atoms with Crippen molar-refractivity contribution in [2.75, 3.05) is 13.2 Å². The number of unbranched alkanes of at least 4 members (excludes halogenated alkanes) is 39. The Labute approximate surface area is 466 Å². The third kappa shape index (κ3) is 61.8. The van der Waals surface area contributed by atoms with Crippen molar-refractivity contribution in [3.8, 4) is 0 Å². The SMILES string of the molecule is CCCCC/C=C\C/C=C\CCCCCCCC(=O)OC(COC(=O)CCCCCCCCCCC)COC(=O)CCCCCCCCCCCCCCCCCCCC/C=C\C/C=C\C/C=C\CCCCCCC. The highest BCUT2D eigenvalue weighted by molar-refractivity contribution is 5.71. The van der Waals surface area contributed by atoms with Gasteiger partial charge in [-0.15, -0.1) is 0 Å². The fraction of sp³-hybridized carbons (Fsp3) is 0.812. The van der Waals surface area contributed by atoms with E-state index in [0.29, 0.717) is 19.3 Å². The van der Waals surface area contributed by atoms with Gasteiger partial charge in [-0.25, -0.2) is 0 Å². The highest BCUT2D eigenvalue weighted by Crippen LogP contribution is 2.17. The smallest absolute Gasteiger partial charge is 0.306 e. The van der Waals surface area contributed by atoms with E-state index in [1.54, 1.807) is 0 Å². The third-order valence-electron chi connectivity index (χ3n) is 14.5. The summed E-state index contributed by atoms with van der Waals surface area (Å²) in [6.45, 7) is 6.60. The first kappa shape index (κ1) is 72.1. The molecule has 75 heavy (non-hydrogen) atoms. The zero-order valence-electron chi connectivity index (χ0n) is 50.1. The number of carbonyl (C=O) groups is 3. The van der Waals surface area contributed by atoms with E-state index in [0.717, 1.165) is 96.3 Å². The molecular weight excluding hydrogens is 925 g/mol. The lowest BCUT2D eigenvalue weighted by Crippen LogP contribution is -2.30. The molecule has 0 aliphatic heterocycles. The van der Waals surface area contributed by atoms with Crippen molar-refractivity contribution >= 4 is 17.9 Å². The van der Waals surface area contributed by atoms with Gasteiger partial charge in [0.05, 0.1) is 0 Å². The molecule has 6 heteroatoms. The van der Waals surface area contributed by atoms with Crippen LogP contribution in [0.5, 0.6) is 0 Å². The van der Waals surface area contributed by atoms with Gasteiger partial charge in [-0.2, -0.15) is 0 Å². The van der Waals surface area contributed by atoms with Gasteiger partial charge in [0.2, 0.25) is 0 Å². The molecule has 0 aromatic rings. The van der Waals surface area contributed by atoms with Crippen LogP contribution in [0, 0.1) is 0 Å². The Morgan fingerprint density at radius 3 is 0.773 bits per heavy atom.